The molecule has 0 unspecified atom stereocenters. The Kier molecular flexibility index (Phi) is 7.06. The molecule has 0 aromatic heterocycles. The summed E-state index contributed by atoms with van der Waals surface area (Å²) in [6.07, 6.45) is 0. The van der Waals surface area contributed by atoms with Crippen LogP contribution in [0.3, 0.4) is 0 Å². The van der Waals surface area contributed by atoms with Crippen LogP contribution in [0.25, 0.3) is 0 Å². The smallest absolute Gasteiger partial charge is 0.255 e. The summed E-state index contributed by atoms with van der Waals surface area (Å²) in [5, 5.41) is 5.77. The largest absolute Gasteiger partial charge is 0.492 e. The summed E-state index contributed by atoms with van der Waals surface area (Å²) in [5.41, 5.74) is 2.56. The van der Waals surface area contributed by atoms with Gasteiger partial charge in [-0.2, -0.15) is 0 Å². The fourth-order valence-electron chi connectivity index (χ4n) is 3.66. The number of nitrogens with one attached hydrogen (secondary N) is 2. The van der Waals surface area contributed by atoms with Crippen LogP contribution in [0.1, 0.15) is 24.2 Å². The van der Waals surface area contributed by atoms with E-state index >= 15 is 0 Å². The van der Waals surface area contributed by atoms with Gasteiger partial charge in [0.2, 0.25) is 5.91 Å². The molecule has 0 radical (unpaired) electrons. The molecule has 2 aromatic rings. The van der Waals surface area contributed by atoms with Crippen molar-refractivity contribution in [2.24, 2.45) is 0 Å². The average Bonchev–Trinajstić information content (AvgIpc) is 2.81. The van der Waals surface area contributed by atoms with E-state index in [-0.39, 0.29) is 11.8 Å². The van der Waals surface area contributed by atoms with Gasteiger partial charge in [-0.05, 0) is 32.0 Å². The van der Waals surface area contributed by atoms with Crippen molar-refractivity contribution in [2.75, 3.05) is 60.8 Å². The number of nitrogens with zero attached hydrogens (tertiary/aromatic N) is 1. The lowest BCUT2D eigenvalue weighted by molar-refractivity contribution is -0.113. The van der Waals surface area contributed by atoms with Crippen LogP contribution in [-0.4, -0.2) is 57.1 Å². The van der Waals surface area contributed by atoms with Gasteiger partial charge in [0.15, 0.2) is 0 Å². The van der Waals surface area contributed by atoms with Crippen molar-refractivity contribution in [3.8, 4) is 11.5 Å². The normalized spacial score (nSPS) is 15.6. The average molecular weight is 458 g/mol. The van der Waals surface area contributed by atoms with Gasteiger partial charge in [-0.15, -0.1) is 11.8 Å². The second-order valence-electron chi connectivity index (χ2n) is 7.28. The summed E-state index contributed by atoms with van der Waals surface area (Å²) in [7, 11) is 0. The predicted molar refractivity (Wildman–Crippen MR) is 126 cm³/mol. The van der Waals surface area contributed by atoms with Crippen LogP contribution >= 0.6 is 11.8 Å². The summed E-state index contributed by atoms with van der Waals surface area (Å²) in [6, 6.07) is 9.03. The van der Waals surface area contributed by atoms with Gasteiger partial charge in [0.25, 0.3) is 5.91 Å². The third-order valence-corrected chi connectivity index (χ3v) is 6.21. The first-order valence-electron chi connectivity index (χ1n) is 10.7. The van der Waals surface area contributed by atoms with Crippen molar-refractivity contribution in [2.45, 2.75) is 18.7 Å². The molecule has 0 aliphatic carbocycles. The number of amides is 2. The Labute approximate surface area is 191 Å². The first-order valence-corrected chi connectivity index (χ1v) is 11.7. The zero-order valence-electron chi connectivity index (χ0n) is 18.2. The van der Waals surface area contributed by atoms with E-state index in [1.807, 2.05) is 32.0 Å². The zero-order valence-corrected chi connectivity index (χ0v) is 19.0. The lowest BCUT2D eigenvalue weighted by Crippen LogP contribution is -2.36. The van der Waals surface area contributed by atoms with Crippen LogP contribution in [0, 0.1) is 0 Å². The standard InChI is InChI=1S/C23H27N3O5S/c1-3-30-19-13-18(26-7-9-29-10-8-26)20(31-4-2)12-16(19)25-23(28)15-5-6-21-17(11-15)24-22(27)14-32-21/h5-6,11-13H,3-4,7-10,14H2,1-2H3,(H,24,27)(H,25,28). The number of hydrogen-bond donors (Lipinski definition) is 2. The highest BCUT2D eigenvalue weighted by molar-refractivity contribution is 8.00. The van der Waals surface area contributed by atoms with E-state index in [9.17, 15) is 9.59 Å². The Bertz CT molecular complexity index is 1010. The quantitative estimate of drug-likeness (QED) is 0.656. The van der Waals surface area contributed by atoms with Crippen molar-refractivity contribution in [3.05, 3.63) is 35.9 Å². The van der Waals surface area contributed by atoms with Gasteiger partial charge in [0.1, 0.15) is 11.5 Å². The molecule has 1 saturated heterocycles. The molecule has 0 bridgehead atoms. The molecule has 9 heteroatoms. The van der Waals surface area contributed by atoms with Crippen molar-refractivity contribution < 1.29 is 23.8 Å². The van der Waals surface area contributed by atoms with E-state index in [0.29, 0.717) is 60.6 Å². The molecule has 2 N–H and O–H groups in total. The number of carbonyl (C=O) groups excluding carboxylic acids is 2. The van der Waals surface area contributed by atoms with E-state index in [2.05, 4.69) is 15.5 Å². The highest BCUT2D eigenvalue weighted by Gasteiger charge is 2.22. The number of carbonyl (C=O) groups is 2. The van der Waals surface area contributed by atoms with Gasteiger partial charge in [-0.1, -0.05) is 0 Å². The highest BCUT2D eigenvalue weighted by Crippen LogP contribution is 2.40. The molecular weight excluding hydrogens is 430 g/mol. The first-order chi connectivity index (χ1) is 15.6. The minimum Gasteiger partial charge on any atom is -0.492 e. The van der Waals surface area contributed by atoms with Gasteiger partial charge in [-0.25, -0.2) is 0 Å². The molecule has 8 nitrogen and oxygen atoms in total. The molecule has 2 aliphatic heterocycles. The lowest BCUT2D eigenvalue weighted by Gasteiger charge is -2.31. The maximum Gasteiger partial charge on any atom is 0.255 e. The third-order valence-electron chi connectivity index (χ3n) is 5.14. The molecule has 2 aliphatic rings. The highest BCUT2D eigenvalue weighted by atomic mass is 32.2. The Hall–Kier alpha value is -2.91. The minimum atomic E-state index is -0.292. The van der Waals surface area contributed by atoms with Gasteiger partial charge in [0.05, 0.1) is 49.2 Å². The second kappa shape index (κ2) is 10.1. The number of anilines is 3. The van der Waals surface area contributed by atoms with E-state index < -0.39 is 0 Å². The molecule has 170 valence electrons. The number of morpholine rings is 1. The van der Waals surface area contributed by atoms with Gasteiger partial charge >= 0.3 is 0 Å². The monoisotopic (exact) mass is 457 g/mol. The number of fused-ring (bicyclic) bond motifs is 1. The molecule has 32 heavy (non-hydrogen) atoms. The molecule has 1 fully saturated rings. The molecule has 2 aromatic carbocycles. The summed E-state index contributed by atoms with van der Waals surface area (Å²) in [4.78, 5) is 27.9. The third kappa shape index (κ3) is 4.94. The fraction of sp³-hybridized carbons (Fsp3) is 0.391. The molecule has 2 amide bonds. The Balaban J connectivity index is 1.63. The number of ether oxygens (including phenoxy) is 3. The van der Waals surface area contributed by atoms with E-state index in [4.69, 9.17) is 14.2 Å². The Morgan fingerprint density at radius 1 is 1.12 bits per heavy atom. The van der Waals surface area contributed by atoms with E-state index in [0.717, 1.165) is 23.7 Å². The maximum absolute atomic E-state index is 13.0. The van der Waals surface area contributed by atoms with Crippen LogP contribution in [0.2, 0.25) is 0 Å². The summed E-state index contributed by atoms with van der Waals surface area (Å²) < 4.78 is 17.2. The summed E-state index contributed by atoms with van der Waals surface area (Å²) in [6.45, 7) is 7.62. The van der Waals surface area contributed by atoms with Gasteiger partial charge in [0, 0.05) is 35.7 Å². The SMILES string of the molecule is CCOc1cc(N2CCOCC2)c(OCC)cc1NC(=O)c1ccc2c(c1)NC(=O)CS2. The minimum absolute atomic E-state index is 0.0706. The Morgan fingerprint density at radius 3 is 2.62 bits per heavy atom. The fourth-order valence-corrected chi connectivity index (χ4v) is 4.45. The lowest BCUT2D eigenvalue weighted by atomic mass is 10.1. The van der Waals surface area contributed by atoms with E-state index in [1.54, 1.807) is 12.1 Å². The number of rotatable bonds is 7. The number of hydrogen-bond acceptors (Lipinski definition) is 7. The van der Waals surface area contributed by atoms with E-state index in [1.165, 1.54) is 11.8 Å². The molecule has 2 heterocycles. The van der Waals surface area contributed by atoms with Crippen molar-refractivity contribution >= 4 is 40.6 Å². The van der Waals surface area contributed by atoms with Crippen LogP contribution in [0.5, 0.6) is 11.5 Å². The van der Waals surface area contributed by atoms with Crippen LogP contribution < -0.4 is 25.0 Å². The molecule has 4 rings (SSSR count). The predicted octanol–water partition coefficient (Wildman–Crippen LogP) is 3.62. The van der Waals surface area contributed by atoms with Crippen LogP contribution in [-0.2, 0) is 9.53 Å². The van der Waals surface area contributed by atoms with Gasteiger partial charge < -0.3 is 29.7 Å². The zero-order chi connectivity index (χ0) is 22.5. The summed E-state index contributed by atoms with van der Waals surface area (Å²) in [5.74, 6) is 1.28. The second-order valence-corrected chi connectivity index (χ2v) is 8.30. The topological polar surface area (TPSA) is 89.1 Å². The maximum atomic E-state index is 13.0. The van der Waals surface area contributed by atoms with Crippen LogP contribution in [0.4, 0.5) is 17.1 Å². The van der Waals surface area contributed by atoms with Crippen molar-refractivity contribution in [1.29, 1.82) is 0 Å². The molecule has 0 saturated carbocycles. The molecule has 0 atom stereocenters. The number of thioether (sulfide) groups is 1. The molecule has 0 spiro atoms. The Morgan fingerprint density at radius 2 is 1.88 bits per heavy atom. The summed E-state index contributed by atoms with van der Waals surface area (Å²) >= 11 is 1.46. The molecular formula is C23H27N3O5S. The number of benzene rings is 2. The first kappa shape index (κ1) is 22.3. The van der Waals surface area contributed by atoms with Crippen molar-refractivity contribution in [1.82, 2.24) is 0 Å². The van der Waals surface area contributed by atoms with Gasteiger partial charge in [-0.3, -0.25) is 9.59 Å². The van der Waals surface area contributed by atoms with Crippen molar-refractivity contribution in [3.63, 3.8) is 0 Å². The van der Waals surface area contributed by atoms with Crippen LogP contribution in [0.15, 0.2) is 35.2 Å².